The maximum atomic E-state index is 10.9. The zero-order valence-corrected chi connectivity index (χ0v) is 10.8. The third-order valence-corrected chi connectivity index (χ3v) is 3.52. The highest BCUT2D eigenvalue weighted by molar-refractivity contribution is 5.65. The van der Waals surface area contributed by atoms with Crippen LogP contribution >= 0.6 is 0 Å². The summed E-state index contributed by atoms with van der Waals surface area (Å²) >= 11 is 0. The third kappa shape index (κ3) is 2.76. The molecule has 1 aromatic heterocycles. The van der Waals surface area contributed by atoms with Gasteiger partial charge in [-0.05, 0) is 25.0 Å². The van der Waals surface area contributed by atoms with Crippen molar-refractivity contribution in [1.82, 2.24) is 9.88 Å². The van der Waals surface area contributed by atoms with Gasteiger partial charge in [0, 0.05) is 32.4 Å². The first-order chi connectivity index (χ1) is 9.13. The van der Waals surface area contributed by atoms with Crippen LogP contribution in [0.2, 0.25) is 0 Å². The number of nitrogens with zero attached hydrogens (tertiary/aromatic N) is 4. The van der Waals surface area contributed by atoms with Crippen molar-refractivity contribution >= 4 is 11.9 Å². The number of hydrogen-bond acceptors (Lipinski definition) is 4. The highest BCUT2D eigenvalue weighted by atomic mass is 16.4. The van der Waals surface area contributed by atoms with Crippen LogP contribution in [-0.4, -0.2) is 47.3 Å². The Morgan fingerprint density at radius 2 is 2.26 bits per heavy atom. The van der Waals surface area contributed by atoms with Crippen molar-refractivity contribution in [3.8, 4) is 6.07 Å². The molecule has 100 valence electrons. The van der Waals surface area contributed by atoms with Crippen molar-refractivity contribution in [1.29, 1.82) is 5.26 Å². The van der Waals surface area contributed by atoms with Gasteiger partial charge in [-0.1, -0.05) is 0 Å². The number of carboxylic acid groups (broad SMARTS) is 1. The van der Waals surface area contributed by atoms with Crippen molar-refractivity contribution in [2.24, 2.45) is 0 Å². The fraction of sp³-hybridized carbons (Fsp3) is 0.462. The average molecular weight is 260 g/mol. The van der Waals surface area contributed by atoms with E-state index in [1.807, 2.05) is 11.9 Å². The van der Waals surface area contributed by atoms with E-state index in [9.17, 15) is 4.79 Å². The Morgan fingerprint density at radius 3 is 2.84 bits per heavy atom. The molecule has 1 N–H and O–H groups in total. The molecule has 6 heteroatoms. The van der Waals surface area contributed by atoms with Gasteiger partial charge < -0.3 is 14.9 Å². The highest BCUT2D eigenvalue weighted by Crippen LogP contribution is 2.22. The van der Waals surface area contributed by atoms with Crippen LogP contribution in [0.1, 0.15) is 18.4 Å². The van der Waals surface area contributed by atoms with Gasteiger partial charge in [0.25, 0.3) is 0 Å². The van der Waals surface area contributed by atoms with E-state index in [2.05, 4.69) is 11.1 Å². The molecular formula is C13H16N4O2. The van der Waals surface area contributed by atoms with E-state index in [0.717, 1.165) is 12.8 Å². The maximum absolute atomic E-state index is 10.9. The number of nitriles is 1. The van der Waals surface area contributed by atoms with E-state index >= 15 is 0 Å². The van der Waals surface area contributed by atoms with E-state index < -0.39 is 6.09 Å². The van der Waals surface area contributed by atoms with Crippen LogP contribution in [0.3, 0.4) is 0 Å². The first-order valence-corrected chi connectivity index (χ1v) is 6.19. The van der Waals surface area contributed by atoms with Crippen LogP contribution in [0.15, 0.2) is 18.3 Å². The van der Waals surface area contributed by atoms with Crippen LogP contribution in [0, 0.1) is 11.3 Å². The average Bonchev–Trinajstić information content (AvgIpc) is 2.46. The monoisotopic (exact) mass is 260 g/mol. The number of pyridine rings is 1. The molecule has 0 aliphatic carbocycles. The van der Waals surface area contributed by atoms with Gasteiger partial charge in [0.2, 0.25) is 0 Å². The number of amides is 1. The molecule has 1 aromatic rings. The summed E-state index contributed by atoms with van der Waals surface area (Å²) < 4.78 is 0. The molecule has 6 nitrogen and oxygen atoms in total. The molecule has 2 rings (SSSR count). The van der Waals surface area contributed by atoms with Gasteiger partial charge in [0.1, 0.15) is 11.9 Å². The number of hydrogen-bond donors (Lipinski definition) is 1. The molecule has 0 unspecified atom stereocenters. The van der Waals surface area contributed by atoms with Crippen LogP contribution < -0.4 is 4.90 Å². The minimum Gasteiger partial charge on any atom is -0.465 e. The quantitative estimate of drug-likeness (QED) is 0.872. The lowest BCUT2D eigenvalue weighted by Gasteiger charge is -2.36. The molecule has 1 aliphatic rings. The summed E-state index contributed by atoms with van der Waals surface area (Å²) in [4.78, 5) is 18.5. The zero-order valence-electron chi connectivity index (χ0n) is 10.8. The summed E-state index contributed by atoms with van der Waals surface area (Å²) in [6.07, 6.45) is 2.31. The van der Waals surface area contributed by atoms with Crippen molar-refractivity contribution in [2.45, 2.75) is 18.9 Å². The van der Waals surface area contributed by atoms with E-state index in [0.29, 0.717) is 24.5 Å². The molecule has 0 bridgehead atoms. The lowest BCUT2D eigenvalue weighted by Crippen LogP contribution is -2.45. The minimum absolute atomic E-state index is 0.220. The Balaban J connectivity index is 2.07. The summed E-state index contributed by atoms with van der Waals surface area (Å²) in [5, 5.41) is 18.0. The molecule has 19 heavy (non-hydrogen) atoms. The first-order valence-electron chi connectivity index (χ1n) is 6.19. The number of likely N-dealkylation sites (tertiary alicyclic amines) is 1. The summed E-state index contributed by atoms with van der Waals surface area (Å²) in [5.74, 6) is 0.666. The Morgan fingerprint density at radius 1 is 1.58 bits per heavy atom. The fourth-order valence-electron chi connectivity index (χ4n) is 2.38. The minimum atomic E-state index is -0.864. The number of aromatic nitrogens is 1. The van der Waals surface area contributed by atoms with Gasteiger partial charge >= 0.3 is 6.09 Å². The largest absolute Gasteiger partial charge is 0.465 e. The van der Waals surface area contributed by atoms with Gasteiger partial charge in [-0.25, -0.2) is 9.78 Å². The summed E-state index contributed by atoms with van der Waals surface area (Å²) in [6.45, 7) is 1.05. The fourth-order valence-corrected chi connectivity index (χ4v) is 2.38. The second-order valence-corrected chi connectivity index (χ2v) is 4.60. The van der Waals surface area contributed by atoms with Gasteiger partial charge in [-0.15, -0.1) is 0 Å². The number of rotatable bonds is 2. The molecule has 0 radical (unpaired) electrons. The van der Waals surface area contributed by atoms with Crippen molar-refractivity contribution in [2.75, 3.05) is 25.0 Å². The molecule has 1 aliphatic heterocycles. The summed E-state index contributed by atoms with van der Waals surface area (Å²) in [7, 11) is 1.91. The summed E-state index contributed by atoms with van der Waals surface area (Å²) in [5.41, 5.74) is 0.547. The standard InChI is InChI=1S/C13H16N4O2/c1-16(12-10(9-14)3-2-6-15-12)11-4-7-17(8-5-11)13(18)19/h2-3,6,11H,4-5,7-8H2,1H3,(H,18,19). The Kier molecular flexibility index (Phi) is 3.85. The third-order valence-electron chi connectivity index (χ3n) is 3.52. The normalized spacial score (nSPS) is 15.9. The van der Waals surface area contributed by atoms with Gasteiger partial charge in [-0.3, -0.25) is 0 Å². The second kappa shape index (κ2) is 5.57. The van der Waals surface area contributed by atoms with Crippen molar-refractivity contribution in [3.63, 3.8) is 0 Å². The predicted octanol–water partition coefficient (Wildman–Crippen LogP) is 1.53. The van der Waals surface area contributed by atoms with Crippen LogP contribution in [0.5, 0.6) is 0 Å². The van der Waals surface area contributed by atoms with Gasteiger partial charge in [0.15, 0.2) is 0 Å². The van der Waals surface area contributed by atoms with Crippen molar-refractivity contribution < 1.29 is 9.90 Å². The van der Waals surface area contributed by atoms with Crippen LogP contribution in [0.4, 0.5) is 10.6 Å². The van der Waals surface area contributed by atoms with E-state index in [1.165, 1.54) is 4.90 Å². The van der Waals surface area contributed by atoms with Crippen molar-refractivity contribution in [3.05, 3.63) is 23.9 Å². The van der Waals surface area contributed by atoms with Gasteiger partial charge in [0.05, 0.1) is 5.56 Å². The topological polar surface area (TPSA) is 80.5 Å². The first kappa shape index (κ1) is 13.1. The predicted molar refractivity (Wildman–Crippen MR) is 70.0 cm³/mol. The van der Waals surface area contributed by atoms with Gasteiger partial charge in [-0.2, -0.15) is 5.26 Å². The molecule has 0 spiro atoms. The highest BCUT2D eigenvalue weighted by Gasteiger charge is 2.26. The molecule has 0 aromatic carbocycles. The number of anilines is 1. The van der Waals surface area contributed by atoms with Crippen LogP contribution in [0.25, 0.3) is 0 Å². The zero-order chi connectivity index (χ0) is 13.8. The maximum Gasteiger partial charge on any atom is 0.407 e. The Labute approximate surface area is 111 Å². The smallest absolute Gasteiger partial charge is 0.407 e. The summed E-state index contributed by atoms with van der Waals surface area (Å²) in [6, 6.07) is 5.83. The Bertz CT molecular complexity index is 504. The van der Waals surface area contributed by atoms with E-state index in [1.54, 1.807) is 18.3 Å². The molecule has 1 fully saturated rings. The molecule has 1 saturated heterocycles. The second-order valence-electron chi connectivity index (χ2n) is 4.60. The van der Waals surface area contributed by atoms with Crippen LogP contribution in [-0.2, 0) is 0 Å². The van der Waals surface area contributed by atoms with E-state index in [4.69, 9.17) is 10.4 Å². The molecule has 1 amide bonds. The van der Waals surface area contributed by atoms with E-state index in [-0.39, 0.29) is 6.04 Å². The molecule has 0 atom stereocenters. The molecule has 0 saturated carbocycles. The lowest BCUT2D eigenvalue weighted by molar-refractivity contribution is 0.132. The number of piperidine rings is 1. The lowest BCUT2D eigenvalue weighted by atomic mass is 10.0. The SMILES string of the molecule is CN(c1ncccc1C#N)C1CCN(C(=O)O)CC1. The Hall–Kier alpha value is -2.29. The molecule has 2 heterocycles. The molecular weight excluding hydrogens is 244 g/mol. The number of carbonyl (C=O) groups is 1.